The van der Waals surface area contributed by atoms with Crippen LogP contribution in [0.3, 0.4) is 0 Å². The van der Waals surface area contributed by atoms with Crippen LogP contribution < -0.4 is 15.9 Å². The molecule has 4 heterocycles. The van der Waals surface area contributed by atoms with Crippen LogP contribution in [0.1, 0.15) is 34.6 Å². The van der Waals surface area contributed by atoms with Crippen LogP contribution in [-0.4, -0.2) is 50.4 Å². The minimum absolute atomic E-state index is 0.0149. The number of nitrogens with one attached hydrogen (secondary N) is 1. The zero-order valence-electron chi connectivity index (χ0n) is 17.2. The van der Waals surface area contributed by atoms with Crippen molar-refractivity contribution in [2.75, 3.05) is 19.0 Å². The summed E-state index contributed by atoms with van der Waals surface area (Å²) in [6, 6.07) is 7.35. The van der Waals surface area contributed by atoms with E-state index in [4.69, 9.17) is 0 Å². The Morgan fingerprint density at radius 1 is 1.23 bits per heavy atom. The zero-order chi connectivity index (χ0) is 21.1. The van der Waals surface area contributed by atoms with Gasteiger partial charge in [-0.1, -0.05) is 6.07 Å². The van der Waals surface area contributed by atoms with Crippen LogP contribution in [0.25, 0.3) is 0 Å². The molecule has 0 aromatic carbocycles. The van der Waals surface area contributed by atoms with Gasteiger partial charge in [-0.05, 0) is 36.6 Å². The molecule has 9 heteroatoms. The van der Waals surface area contributed by atoms with E-state index in [0.29, 0.717) is 31.5 Å². The molecule has 0 bridgehead atoms. The van der Waals surface area contributed by atoms with E-state index in [2.05, 4.69) is 20.4 Å². The van der Waals surface area contributed by atoms with Gasteiger partial charge in [-0.15, -0.1) is 0 Å². The quantitative estimate of drug-likeness (QED) is 0.680. The third kappa shape index (κ3) is 4.24. The van der Waals surface area contributed by atoms with Crippen molar-refractivity contribution in [3.05, 3.63) is 70.3 Å². The molecule has 30 heavy (non-hydrogen) atoms. The first-order valence-electron chi connectivity index (χ1n) is 10.0. The molecule has 1 aliphatic rings. The summed E-state index contributed by atoms with van der Waals surface area (Å²) in [4.78, 5) is 35.6. The van der Waals surface area contributed by atoms with Crippen molar-refractivity contribution in [1.82, 2.24) is 29.6 Å². The first-order chi connectivity index (χ1) is 14.5. The minimum Gasteiger partial charge on any atom is -0.363 e. The van der Waals surface area contributed by atoms with Gasteiger partial charge in [-0.2, -0.15) is 5.10 Å². The van der Waals surface area contributed by atoms with Crippen molar-refractivity contribution in [3.8, 4) is 0 Å². The lowest BCUT2D eigenvalue weighted by Gasteiger charge is -2.16. The third-order valence-corrected chi connectivity index (χ3v) is 5.28. The van der Waals surface area contributed by atoms with Gasteiger partial charge in [-0.3, -0.25) is 14.3 Å². The Morgan fingerprint density at radius 2 is 2.10 bits per heavy atom. The highest BCUT2D eigenvalue weighted by Crippen LogP contribution is 2.14. The minimum atomic E-state index is -0.147. The Labute approximate surface area is 174 Å². The summed E-state index contributed by atoms with van der Waals surface area (Å²) in [5, 5.41) is 7.59. The molecule has 0 saturated heterocycles. The van der Waals surface area contributed by atoms with Gasteiger partial charge >= 0.3 is 5.69 Å². The number of rotatable bonds is 5. The molecular formula is C21H25N7O2. The second-order valence-electron chi connectivity index (χ2n) is 7.67. The molecule has 1 atom stereocenters. The highest BCUT2D eigenvalue weighted by Gasteiger charge is 2.22. The van der Waals surface area contributed by atoms with E-state index in [9.17, 15) is 9.59 Å². The van der Waals surface area contributed by atoms with Gasteiger partial charge in [0.25, 0.3) is 5.91 Å². The fourth-order valence-electron chi connectivity index (χ4n) is 3.59. The number of hydrogen-bond donors (Lipinski definition) is 1. The van der Waals surface area contributed by atoms with Crippen LogP contribution in [0, 0.1) is 0 Å². The second-order valence-corrected chi connectivity index (χ2v) is 7.67. The molecule has 1 unspecified atom stereocenters. The largest absolute Gasteiger partial charge is 0.363 e. The number of nitrogens with zero attached hydrogens (tertiary/aromatic N) is 6. The van der Waals surface area contributed by atoms with Gasteiger partial charge < -0.3 is 10.2 Å². The Kier molecular flexibility index (Phi) is 5.60. The molecule has 0 aliphatic carbocycles. The van der Waals surface area contributed by atoms with E-state index in [1.807, 2.05) is 37.2 Å². The summed E-state index contributed by atoms with van der Waals surface area (Å²) < 4.78 is 3.21. The molecular weight excluding hydrogens is 382 g/mol. The highest BCUT2D eigenvalue weighted by atomic mass is 16.2. The standard InChI is InChI=1S/C21H25N7O2/c1-26(2)18-7-5-16(13-23-18)20(29)24-17-6-8-19-25-28(21(30)27(19)11-9-17)14-15-4-3-10-22-12-15/h3-5,7,10,12-13,17H,6,8-9,11,14H2,1-2H3,(H,24,29). The topological polar surface area (TPSA) is 97.9 Å². The van der Waals surface area contributed by atoms with Crippen LogP contribution in [-0.2, 0) is 19.5 Å². The number of carbonyl (C=O) groups is 1. The number of carbonyl (C=O) groups excluding carboxylic acids is 1. The molecule has 1 amide bonds. The molecule has 3 aromatic rings. The summed E-state index contributed by atoms with van der Waals surface area (Å²) in [7, 11) is 3.81. The molecule has 156 valence electrons. The molecule has 9 nitrogen and oxygen atoms in total. The molecule has 1 N–H and O–H groups in total. The fraction of sp³-hybridized carbons (Fsp3) is 0.381. The van der Waals surface area contributed by atoms with Crippen molar-refractivity contribution in [3.63, 3.8) is 0 Å². The van der Waals surface area contributed by atoms with Gasteiger partial charge in [0.1, 0.15) is 11.6 Å². The number of amides is 1. The normalized spacial score (nSPS) is 15.9. The molecule has 0 fully saturated rings. The predicted octanol–water partition coefficient (Wildman–Crippen LogP) is 1.08. The van der Waals surface area contributed by atoms with Crippen molar-refractivity contribution < 1.29 is 4.79 Å². The van der Waals surface area contributed by atoms with Crippen LogP contribution in [0.2, 0.25) is 0 Å². The van der Waals surface area contributed by atoms with E-state index in [-0.39, 0.29) is 17.6 Å². The monoisotopic (exact) mass is 407 g/mol. The average Bonchev–Trinajstić information content (AvgIpc) is 2.91. The van der Waals surface area contributed by atoms with E-state index in [0.717, 1.165) is 23.6 Å². The maximum Gasteiger partial charge on any atom is 0.346 e. The van der Waals surface area contributed by atoms with E-state index >= 15 is 0 Å². The Bertz CT molecular complexity index is 1070. The van der Waals surface area contributed by atoms with E-state index in [1.165, 1.54) is 4.68 Å². The highest BCUT2D eigenvalue weighted by molar-refractivity contribution is 5.94. The molecule has 1 aliphatic heterocycles. The first-order valence-corrected chi connectivity index (χ1v) is 10.0. The maximum atomic E-state index is 12.8. The Hall–Kier alpha value is -3.49. The Balaban J connectivity index is 1.40. The zero-order valence-corrected chi connectivity index (χ0v) is 17.2. The number of fused-ring (bicyclic) bond motifs is 1. The van der Waals surface area contributed by atoms with Crippen molar-refractivity contribution in [2.45, 2.75) is 38.4 Å². The summed E-state index contributed by atoms with van der Waals surface area (Å²) in [5.41, 5.74) is 1.35. The van der Waals surface area contributed by atoms with Gasteiger partial charge in [0.2, 0.25) is 0 Å². The third-order valence-electron chi connectivity index (χ3n) is 5.28. The summed E-state index contributed by atoms with van der Waals surface area (Å²) in [6.07, 6.45) is 7.08. The van der Waals surface area contributed by atoms with Crippen LogP contribution in [0.4, 0.5) is 5.82 Å². The summed E-state index contributed by atoms with van der Waals surface area (Å²) >= 11 is 0. The second kappa shape index (κ2) is 8.48. The number of aromatic nitrogens is 5. The van der Waals surface area contributed by atoms with Crippen molar-refractivity contribution >= 4 is 11.7 Å². The average molecular weight is 407 g/mol. The molecule has 0 radical (unpaired) electrons. The maximum absolute atomic E-state index is 12.8. The number of aryl methyl sites for hydroxylation is 1. The van der Waals surface area contributed by atoms with E-state index in [1.54, 1.807) is 29.2 Å². The van der Waals surface area contributed by atoms with Gasteiger partial charge in [0, 0.05) is 51.7 Å². The molecule has 0 saturated carbocycles. The smallest absolute Gasteiger partial charge is 0.346 e. The fourth-order valence-corrected chi connectivity index (χ4v) is 3.59. The van der Waals surface area contributed by atoms with Crippen LogP contribution >= 0.6 is 0 Å². The molecule has 4 rings (SSSR count). The van der Waals surface area contributed by atoms with Crippen LogP contribution in [0.15, 0.2) is 47.7 Å². The summed E-state index contributed by atoms with van der Waals surface area (Å²) in [6.45, 7) is 0.937. The number of pyridine rings is 2. The van der Waals surface area contributed by atoms with E-state index < -0.39 is 0 Å². The first kappa shape index (κ1) is 19.8. The SMILES string of the molecule is CN(C)c1ccc(C(=O)NC2CCc3nn(Cc4cccnc4)c(=O)n3CC2)cn1. The lowest BCUT2D eigenvalue weighted by atomic mass is 10.1. The molecule has 3 aromatic heterocycles. The number of anilines is 1. The van der Waals surface area contributed by atoms with Gasteiger partial charge in [0.15, 0.2) is 0 Å². The lowest BCUT2D eigenvalue weighted by Crippen LogP contribution is -2.36. The van der Waals surface area contributed by atoms with Gasteiger partial charge in [-0.25, -0.2) is 14.5 Å². The molecule has 0 spiro atoms. The van der Waals surface area contributed by atoms with Crippen molar-refractivity contribution in [2.24, 2.45) is 0 Å². The van der Waals surface area contributed by atoms with Crippen LogP contribution in [0.5, 0.6) is 0 Å². The number of hydrogen-bond acceptors (Lipinski definition) is 6. The lowest BCUT2D eigenvalue weighted by molar-refractivity contribution is 0.0932. The predicted molar refractivity (Wildman–Crippen MR) is 113 cm³/mol. The van der Waals surface area contributed by atoms with Gasteiger partial charge in [0.05, 0.1) is 12.1 Å². The van der Waals surface area contributed by atoms with Crippen molar-refractivity contribution in [1.29, 1.82) is 0 Å². The summed E-state index contributed by atoms with van der Waals surface area (Å²) in [5.74, 6) is 1.41. The Morgan fingerprint density at radius 3 is 2.80 bits per heavy atom.